The average Bonchev–Trinajstić information content (AvgIpc) is 2.79. The highest BCUT2D eigenvalue weighted by Crippen LogP contribution is 2.28. The molecule has 2 N–H and O–H groups in total. The van der Waals surface area contributed by atoms with Gasteiger partial charge in [-0.15, -0.1) is 0 Å². The summed E-state index contributed by atoms with van der Waals surface area (Å²) >= 11 is 0. The standard InChI is InChI=1S/C25H26N2O5/c1-16-5-11-21(17(2)13-16)32-15-24(28)26-19-7-9-20(10-8-19)27-25(29)18-6-12-22(30-3)23(14-18)31-4/h5-14H,15H2,1-4H3,(H,26,28)(H,27,29). The lowest BCUT2D eigenvalue weighted by Crippen LogP contribution is -2.20. The molecular weight excluding hydrogens is 408 g/mol. The Labute approximate surface area is 187 Å². The quantitative estimate of drug-likeness (QED) is 0.542. The van der Waals surface area contributed by atoms with Gasteiger partial charge in [-0.05, 0) is 67.9 Å². The van der Waals surface area contributed by atoms with Gasteiger partial charge in [-0.1, -0.05) is 17.7 Å². The third kappa shape index (κ3) is 5.78. The van der Waals surface area contributed by atoms with Crippen molar-refractivity contribution in [1.29, 1.82) is 0 Å². The van der Waals surface area contributed by atoms with Crippen LogP contribution in [0.2, 0.25) is 0 Å². The van der Waals surface area contributed by atoms with Crippen LogP contribution in [0.25, 0.3) is 0 Å². The summed E-state index contributed by atoms with van der Waals surface area (Å²) in [6, 6.07) is 17.6. The molecule has 0 spiro atoms. The van der Waals surface area contributed by atoms with E-state index < -0.39 is 0 Å². The first-order chi connectivity index (χ1) is 15.4. The zero-order chi connectivity index (χ0) is 23.1. The first kappa shape index (κ1) is 22.7. The molecule has 0 saturated carbocycles. The van der Waals surface area contributed by atoms with Crippen molar-refractivity contribution in [2.45, 2.75) is 13.8 Å². The monoisotopic (exact) mass is 434 g/mol. The first-order valence-electron chi connectivity index (χ1n) is 10.0. The third-order valence-corrected chi connectivity index (χ3v) is 4.76. The molecular formula is C25H26N2O5. The largest absolute Gasteiger partial charge is 0.493 e. The molecule has 0 atom stereocenters. The van der Waals surface area contributed by atoms with Gasteiger partial charge in [0.25, 0.3) is 11.8 Å². The fraction of sp³-hybridized carbons (Fsp3) is 0.200. The van der Waals surface area contributed by atoms with Crippen LogP contribution < -0.4 is 24.8 Å². The fourth-order valence-electron chi connectivity index (χ4n) is 3.12. The van der Waals surface area contributed by atoms with Crippen LogP contribution in [0.3, 0.4) is 0 Å². The number of carbonyl (C=O) groups is 2. The van der Waals surface area contributed by atoms with E-state index in [2.05, 4.69) is 10.6 Å². The second-order valence-electron chi connectivity index (χ2n) is 7.21. The van der Waals surface area contributed by atoms with Gasteiger partial charge in [-0.25, -0.2) is 0 Å². The molecule has 0 radical (unpaired) electrons. The Bertz CT molecular complexity index is 1110. The number of rotatable bonds is 8. The van der Waals surface area contributed by atoms with E-state index in [4.69, 9.17) is 14.2 Å². The Balaban J connectivity index is 1.55. The van der Waals surface area contributed by atoms with E-state index in [-0.39, 0.29) is 18.4 Å². The first-order valence-corrected chi connectivity index (χ1v) is 10.0. The highest BCUT2D eigenvalue weighted by Gasteiger charge is 2.11. The van der Waals surface area contributed by atoms with Crippen molar-refractivity contribution in [2.75, 3.05) is 31.5 Å². The molecule has 3 rings (SSSR count). The number of methoxy groups -OCH3 is 2. The van der Waals surface area contributed by atoms with Crippen molar-refractivity contribution in [3.8, 4) is 17.2 Å². The van der Waals surface area contributed by atoms with Gasteiger partial charge in [0, 0.05) is 16.9 Å². The molecule has 0 aliphatic rings. The highest BCUT2D eigenvalue weighted by molar-refractivity contribution is 6.04. The lowest BCUT2D eigenvalue weighted by molar-refractivity contribution is -0.118. The summed E-state index contributed by atoms with van der Waals surface area (Å²) < 4.78 is 16.0. The third-order valence-electron chi connectivity index (χ3n) is 4.76. The maximum atomic E-state index is 12.5. The number of benzene rings is 3. The highest BCUT2D eigenvalue weighted by atomic mass is 16.5. The molecule has 0 unspecified atom stereocenters. The predicted octanol–water partition coefficient (Wildman–Crippen LogP) is 4.59. The van der Waals surface area contributed by atoms with Gasteiger partial charge in [-0.2, -0.15) is 0 Å². The van der Waals surface area contributed by atoms with E-state index in [1.54, 1.807) is 42.5 Å². The fourth-order valence-corrected chi connectivity index (χ4v) is 3.12. The van der Waals surface area contributed by atoms with Crippen LogP contribution in [0.15, 0.2) is 60.7 Å². The second kappa shape index (κ2) is 10.3. The van der Waals surface area contributed by atoms with Crippen molar-refractivity contribution >= 4 is 23.2 Å². The van der Waals surface area contributed by atoms with E-state index in [0.29, 0.717) is 34.2 Å². The van der Waals surface area contributed by atoms with Crippen molar-refractivity contribution in [3.05, 3.63) is 77.4 Å². The molecule has 0 heterocycles. The molecule has 0 aliphatic heterocycles. The Hall–Kier alpha value is -4.00. The Morgan fingerprint density at radius 2 is 1.38 bits per heavy atom. The molecule has 0 aliphatic carbocycles. The van der Waals surface area contributed by atoms with Gasteiger partial charge in [0.05, 0.1) is 14.2 Å². The summed E-state index contributed by atoms with van der Waals surface area (Å²) in [6.45, 7) is 3.85. The van der Waals surface area contributed by atoms with Crippen molar-refractivity contribution in [3.63, 3.8) is 0 Å². The minimum absolute atomic E-state index is 0.0955. The number of ether oxygens (including phenoxy) is 3. The SMILES string of the molecule is COc1ccc(C(=O)Nc2ccc(NC(=O)COc3ccc(C)cc3C)cc2)cc1OC. The van der Waals surface area contributed by atoms with Crippen LogP contribution >= 0.6 is 0 Å². The zero-order valence-corrected chi connectivity index (χ0v) is 18.5. The molecule has 7 nitrogen and oxygen atoms in total. The van der Waals surface area contributed by atoms with E-state index >= 15 is 0 Å². The number of hydrogen-bond donors (Lipinski definition) is 2. The second-order valence-corrected chi connectivity index (χ2v) is 7.21. The lowest BCUT2D eigenvalue weighted by atomic mass is 10.1. The van der Waals surface area contributed by atoms with Gasteiger partial charge >= 0.3 is 0 Å². The number of aryl methyl sites for hydroxylation is 2. The molecule has 0 bridgehead atoms. The Kier molecular flexibility index (Phi) is 7.33. The topological polar surface area (TPSA) is 85.9 Å². The maximum Gasteiger partial charge on any atom is 0.262 e. The van der Waals surface area contributed by atoms with Gasteiger partial charge in [0.15, 0.2) is 18.1 Å². The van der Waals surface area contributed by atoms with Crippen LogP contribution in [0.1, 0.15) is 21.5 Å². The average molecular weight is 434 g/mol. The summed E-state index contributed by atoms with van der Waals surface area (Å²) in [6.07, 6.45) is 0. The number of nitrogens with one attached hydrogen (secondary N) is 2. The van der Waals surface area contributed by atoms with Crippen LogP contribution in [0, 0.1) is 13.8 Å². The normalized spacial score (nSPS) is 10.2. The van der Waals surface area contributed by atoms with Crippen LogP contribution in [0.5, 0.6) is 17.2 Å². The van der Waals surface area contributed by atoms with E-state index in [1.807, 2.05) is 32.0 Å². The molecule has 2 amide bonds. The molecule has 0 fully saturated rings. The molecule has 3 aromatic rings. The van der Waals surface area contributed by atoms with Gasteiger partial charge in [-0.3, -0.25) is 9.59 Å². The van der Waals surface area contributed by atoms with Gasteiger partial charge in [0.1, 0.15) is 5.75 Å². The molecule has 166 valence electrons. The molecule has 3 aromatic carbocycles. The summed E-state index contributed by atoms with van der Waals surface area (Å²) in [7, 11) is 3.05. The minimum Gasteiger partial charge on any atom is -0.493 e. The van der Waals surface area contributed by atoms with Crippen molar-refractivity contribution in [1.82, 2.24) is 0 Å². The molecule has 32 heavy (non-hydrogen) atoms. The van der Waals surface area contributed by atoms with Crippen molar-refractivity contribution < 1.29 is 23.8 Å². The number of carbonyl (C=O) groups excluding carboxylic acids is 2. The molecule has 0 saturated heterocycles. The van der Waals surface area contributed by atoms with E-state index in [9.17, 15) is 9.59 Å². The van der Waals surface area contributed by atoms with Crippen LogP contribution in [-0.2, 0) is 4.79 Å². The maximum absolute atomic E-state index is 12.5. The van der Waals surface area contributed by atoms with Crippen LogP contribution in [0.4, 0.5) is 11.4 Å². The lowest BCUT2D eigenvalue weighted by Gasteiger charge is -2.11. The predicted molar refractivity (Wildman–Crippen MR) is 124 cm³/mol. The summed E-state index contributed by atoms with van der Waals surface area (Å²) in [4.78, 5) is 24.7. The van der Waals surface area contributed by atoms with Gasteiger partial charge < -0.3 is 24.8 Å². The van der Waals surface area contributed by atoms with E-state index in [0.717, 1.165) is 11.1 Å². The molecule has 7 heteroatoms. The van der Waals surface area contributed by atoms with Crippen molar-refractivity contribution in [2.24, 2.45) is 0 Å². The zero-order valence-electron chi connectivity index (χ0n) is 18.5. The number of anilines is 2. The Morgan fingerprint density at radius 1 is 0.750 bits per heavy atom. The molecule has 0 aromatic heterocycles. The van der Waals surface area contributed by atoms with Crippen LogP contribution in [-0.4, -0.2) is 32.6 Å². The summed E-state index contributed by atoms with van der Waals surface area (Å²) in [5.74, 6) is 1.14. The Morgan fingerprint density at radius 3 is 2.00 bits per heavy atom. The summed E-state index contributed by atoms with van der Waals surface area (Å²) in [5.41, 5.74) is 3.74. The number of amides is 2. The smallest absolute Gasteiger partial charge is 0.262 e. The van der Waals surface area contributed by atoms with Gasteiger partial charge in [0.2, 0.25) is 0 Å². The summed E-state index contributed by atoms with van der Waals surface area (Å²) in [5, 5.41) is 5.59. The number of hydrogen-bond acceptors (Lipinski definition) is 5. The van der Waals surface area contributed by atoms with E-state index in [1.165, 1.54) is 14.2 Å². The minimum atomic E-state index is -0.287.